The summed E-state index contributed by atoms with van der Waals surface area (Å²) in [6.45, 7) is 3.65. The highest BCUT2D eigenvalue weighted by atomic mass is 32.2. The summed E-state index contributed by atoms with van der Waals surface area (Å²) in [5.41, 5.74) is -3.04. The van der Waals surface area contributed by atoms with Gasteiger partial charge < -0.3 is 29.7 Å². The van der Waals surface area contributed by atoms with E-state index < -0.39 is 89.4 Å². The van der Waals surface area contributed by atoms with Gasteiger partial charge in [0.15, 0.2) is 17.5 Å². The number of aliphatic hydroxyl groups excluding tert-OH is 2. The Hall–Kier alpha value is -2.37. The lowest BCUT2D eigenvalue weighted by molar-refractivity contribution is -0.186. The zero-order valence-electron chi connectivity index (χ0n) is 27.3. The van der Waals surface area contributed by atoms with E-state index in [9.17, 15) is 42.1 Å². The number of aliphatic hydroxyl groups is 3. The van der Waals surface area contributed by atoms with Crippen molar-refractivity contribution in [2.45, 2.75) is 118 Å². The standard InChI is InChI=1S/C32H43F5N4O6S/c1-30(2)7-5-18(6-8-30)40(3)28(44)27(31(45)9-11-32(36,37)12-10-31)48-29-26(46-4)24(25(43)22(16-42)47-29)41-15-21(38-39-41)17-13-19(33)23(35)20(34)14-17/h13-15,18,22,24-27,29,42-43,45H,5-12,16H2,1-4H3/t22-,24+,25+,26-,27-,29+/m1/s1. The van der Waals surface area contributed by atoms with Crippen molar-refractivity contribution in [1.82, 2.24) is 19.9 Å². The fourth-order valence-electron chi connectivity index (χ4n) is 6.98. The Bertz CT molecular complexity index is 1420. The Morgan fingerprint density at radius 2 is 1.73 bits per heavy atom. The first-order valence-corrected chi connectivity index (χ1v) is 17.0. The van der Waals surface area contributed by atoms with E-state index in [0.29, 0.717) is 0 Å². The first kappa shape index (κ1) is 36.9. The third-order valence-corrected chi connectivity index (χ3v) is 11.8. The van der Waals surface area contributed by atoms with E-state index in [-0.39, 0.29) is 35.6 Å². The zero-order valence-corrected chi connectivity index (χ0v) is 28.1. The van der Waals surface area contributed by atoms with Gasteiger partial charge in [0, 0.05) is 38.6 Å². The summed E-state index contributed by atoms with van der Waals surface area (Å²) in [5.74, 6) is -7.97. The van der Waals surface area contributed by atoms with Gasteiger partial charge in [0.25, 0.3) is 0 Å². The number of carbonyl (C=O) groups is 1. The Morgan fingerprint density at radius 1 is 1.12 bits per heavy atom. The van der Waals surface area contributed by atoms with Gasteiger partial charge in [-0.3, -0.25) is 4.79 Å². The largest absolute Gasteiger partial charge is 0.394 e. The summed E-state index contributed by atoms with van der Waals surface area (Å²) >= 11 is 0.874. The van der Waals surface area contributed by atoms with Crippen molar-refractivity contribution in [3.63, 3.8) is 0 Å². The molecule has 0 radical (unpaired) electrons. The Balaban J connectivity index is 1.46. The first-order valence-electron chi connectivity index (χ1n) is 16.1. The molecular formula is C32H43F5N4O6S. The average Bonchev–Trinajstić information content (AvgIpc) is 3.53. The molecule has 268 valence electrons. The summed E-state index contributed by atoms with van der Waals surface area (Å²) in [6, 6.07) is 0.214. The number of methoxy groups -OCH3 is 1. The van der Waals surface area contributed by atoms with Gasteiger partial charge in [0.2, 0.25) is 11.8 Å². The second kappa shape index (κ2) is 14.1. The topological polar surface area (TPSA) is 130 Å². The molecule has 3 N–H and O–H groups in total. The Kier molecular flexibility index (Phi) is 10.8. The van der Waals surface area contributed by atoms with Gasteiger partial charge in [-0.15, -0.1) is 16.9 Å². The number of rotatable bonds is 9. The molecule has 1 aromatic heterocycles. The predicted molar refractivity (Wildman–Crippen MR) is 165 cm³/mol. The summed E-state index contributed by atoms with van der Waals surface area (Å²) in [4.78, 5) is 15.9. The van der Waals surface area contributed by atoms with Crippen LogP contribution in [0.25, 0.3) is 11.3 Å². The van der Waals surface area contributed by atoms with Crippen LogP contribution in [-0.4, -0.2) is 108 Å². The van der Waals surface area contributed by atoms with Gasteiger partial charge in [-0.25, -0.2) is 26.6 Å². The number of aromatic nitrogens is 3. The molecule has 3 fully saturated rings. The van der Waals surface area contributed by atoms with Gasteiger partial charge in [-0.05, 0) is 56.1 Å². The van der Waals surface area contributed by atoms with Crippen LogP contribution in [0.5, 0.6) is 0 Å². The van der Waals surface area contributed by atoms with Gasteiger partial charge in [-0.1, -0.05) is 19.1 Å². The van der Waals surface area contributed by atoms with Crippen molar-refractivity contribution in [3.8, 4) is 11.3 Å². The molecule has 1 aliphatic heterocycles. The fraction of sp³-hybridized carbons (Fsp3) is 0.719. The monoisotopic (exact) mass is 706 g/mol. The normalized spacial score (nSPS) is 29.4. The van der Waals surface area contributed by atoms with Crippen molar-refractivity contribution < 1.29 is 51.5 Å². The maximum absolute atomic E-state index is 14.3. The maximum atomic E-state index is 14.3. The van der Waals surface area contributed by atoms with Crippen LogP contribution in [0.3, 0.4) is 0 Å². The minimum Gasteiger partial charge on any atom is -0.394 e. The number of ether oxygens (including phenoxy) is 2. The highest BCUT2D eigenvalue weighted by Gasteiger charge is 2.55. The summed E-state index contributed by atoms with van der Waals surface area (Å²) in [6.07, 6.45) is -1.23. The van der Waals surface area contributed by atoms with Crippen molar-refractivity contribution in [1.29, 1.82) is 0 Å². The number of carbonyl (C=O) groups excluding carboxylic acids is 1. The highest BCUT2D eigenvalue weighted by molar-refractivity contribution is 8.01. The molecule has 2 saturated carbocycles. The number of thioether (sulfide) groups is 1. The molecule has 10 nitrogen and oxygen atoms in total. The smallest absolute Gasteiger partial charge is 0.248 e. The number of hydrogen-bond donors (Lipinski definition) is 3. The molecule has 1 aromatic carbocycles. The van der Waals surface area contributed by atoms with E-state index in [2.05, 4.69) is 24.2 Å². The molecule has 2 heterocycles. The molecule has 2 aromatic rings. The van der Waals surface area contributed by atoms with Crippen LogP contribution in [0, 0.1) is 22.9 Å². The van der Waals surface area contributed by atoms with E-state index >= 15 is 0 Å². The number of hydrogen-bond acceptors (Lipinski definition) is 9. The summed E-state index contributed by atoms with van der Waals surface area (Å²) in [7, 11) is 2.96. The molecule has 2 aliphatic carbocycles. The molecule has 1 saturated heterocycles. The summed E-state index contributed by atoms with van der Waals surface area (Å²) < 4.78 is 83.1. The maximum Gasteiger partial charge on any atom is 0.248 e. The highest BCUT2D eigenvalue weighted by Crippen LogP contribution is 2.48. The third-order valence-electron chi connectivity index (χ3n) is 10.2. The van der Waals surface area contributed by atoms with Crippen LogP contribution in [0.4, 0.5) is 22.0 Å². The molecule has 5 rings (SSSR count). The SMILES string of the molecule is CO[C@@H]1[C@@H](n2cc(-c3cc(F)c(F)c(F)c3)nn2)[C@@H](O)[C@@H](CO)O[C@H]1S[C@H](C(=O)N(C)C1CCC(C)(C)CC1)C1(O)CCC(F)(F)CC1. The van der Waals surface area contributed by atoms with Crippen molar-refractivity contribution >= 4 is 17.7 Å². The third kappa shape index (κ3) is 7.53. The van der Waals surface area contributed by atoms with Crippen molar-refractivity contribution in [3.05, 3.63) is 35.8 Å². The molecule has 3 aliphatic rings. The molecule has 0 unspecified atom stereocenters. The van der Waals surface area contributed by atoms with E-state index in [1.807, 2.05) is 0 Å². The number of alkyl halides is 2. The van der Waals surface area contributed by atoms with Gasteiger partial charge in [0.1, 0.15) is 40.7 Å². The van der Waals surface area contributed by atoms with E-state index in [1.165, 1.54) is 13.3 Å². The van der Waals surface area contributed by atoms with Crippen molar-refractivity contribution in [2.24, 2.45) is 5.41 Å². The number of halogens is 5. The Morgan fingerprint density at radius 3 is 2.29 bits per heavy atom. The second-order valence-corrected chi connectivity index (χ2v) is 15.3. The molecule has 0 spiro atoms. The second-order valence-electron chi connectivity index (χ2n) is 14.1. The quantitative estimate of drug-likeness (QED) is 0.256. The Labute approximate surface area is 280 Å². The van der Waals surface area contributed by atoms with Gasteiger partial charge >= 0.3 is 0 Å². The summed E-state index contributed by atoms with van der Waals surface area (Å²) in [5, 5.41) is 40.0. The van der Waals surface area contributed by atoms with E-state index in [4.69, 9.17) is 9.47 Å². The van der Waals surface area contributed by atoms with Crippen LogP contribution in [0.1, 0.15) is 71.3 Å². The lowest BCUT2D eigenvalue weighted by Crippen LogP contribution is -2.59. The van der Waals surface area contributed by atoms with Crippen LogP contribution >= 0.6 is 11.8 Å². The van der Waals surface area contributed by atoms with Crippen molar-refractivity contribution in [2.75, 3.05) is 20.8 Å². The molecule has 0 bridgehead atoms. The number of amides is 1. The lowest BCUT2D eigenvalue weighted by atomic mass is 9.75. The predicted octanol–water partition coefficient (Wildman–Crippen LogP) is 4.47. The fourth-order valence-corrected chi connectivity index (χ4v) is 8.65. The minimum absolute atomic E-state index is 0.0612. The molecular weight excluding hydrogens is 663 g/mol. The van der Waals surface area contributed by atoms with Gasteiger partial charge in [-0.2, -0.15) is 0 Å². The van der Waals surface area contributed by atoms with Crippen LogP contribution in [-0.2, 0) is 14.3 Å². The average molecular weight is 707 g/mol. The molecule has 6 atom stereocenters. The zero-order chi connectivity index (χ0) is 35.2. The first-order chi connectivity index (χ1) is 22.5. The van der Waals surface area contributed by atoms with Crippen LogP contribution in [0.15, 0.2) is 18.3 Å². The van der Waals surface area contributed by atoms with E-state index in [1.54, 1.807) is 11.9 Å². The number of benzene rings is 1. The molecule has 1 amide bonds. The van der Waals surface area contributed by atoms with Crippen LogP contribution < -0.4 is 0 Å². The van der Waals surface area contributed by atoms with Gasteiger partial charge in [0.05, 0.1) is 18.4 Å². The lowest BCUT2D eigenvalue weighted by Gasteiger charge is -2.48. The molecule has 48 heavy (non-hydrogen) atoms. The van der Waals surface area contributed by atoms with Crippen LogP contribution in [0.2, 0.25) is 0 Å². The van der Waals surface area contributed by atoms with E-state index in [0.717, 1.165) is 54.3 Å². The molecule has 16 heteroatoms. The number of nitrogens with zero attached hydrogens (tertiary/aromatic N) is 4. The minimum atomic E-state index is -2.99.